The number of fused-ring (bicyclic) bond motifs is 2. The summed E-state index contributed by atoms with van der Waals surface area (Å²) in [5.74, 6) is 0.222. The van der Waals surface area contributed by atoms with Crippen molar-refractivity contribution in [2.24, 2.45) is 4.99 Å². The van der Waals surface area contributed by atoms with Gasteiger partial charge in [0.25, 0.3) is 0 Å². The molecule has 0 radical (unpaired) electrons. The fourth-order valence-corrected chi connectivity index (χ4v) is 4.31. The Balaban J connectivity index is 1.61. The van der Waals surface area contributed by atoms with Gasteiger partial charge in [-0.1, -0.05) is 54.6 Å². The van der Waals surface area contributed by atoms with Gasteiger partial charge in [0.05, 0.1) is 15.9 Å². The summed E-state index contributed by atoms with van der Waals surface area (Å²) < 4.78 is 1.16. The van der Waals surface area contributed by atoms with Gasteiger partial charge in [-0.3, -0.25) is 4.99 Å². The van der Waals surface area contributed by atoms with E-state index < -0.39 is 0 Å². The molecule has 134 valence electrons. The average molecular weight is 380 g/mol. The van der Waals surface area contributed by atoms with Crippen LogP contribution in [0.2, 0.25) is 0 Å². The smallest absolute Gasteiger partial charge is 0.126 e. The number of nitrogens with zero attached hydrogens (tertiary/aromatic N) is 2. The molecule has 28 heavy (non-hydrogen) atoms. The molecule has 0 aliphatic rings. The average Bonchev–Trinajstić information content (AvgIpc) is 3.17. The van der Waals surface area contributed by atoms with Gasteiger partial charge in [0.15, 0.2) is 0 Å². The number of hydrogen-bond acceptors (Lipinski definition) is 4. The lowest BCUT2D eigenvalue weighted by Crippen LogP contribution is -1.86. The predicted molar refractivity (Wildman–Crippen MR) is 118 cm³/mol. The number of benzene rings is 4. The Bertz CT molecular complexity index is 1300. The lowest BCUT2D eigenvalue weighted by molar-refractivity contribution is 0.475. The van der Waals surface area contributed by atoms with Crippen molar-refractivity contribution in [2.75, 3.05) is 0 Å². The molecule has 0 bridgehead atoms. The third-order valence-corrected chi connectivity index (χ3v) is 5.78. The maximum Gasteiger partial charge on any atom is 0.126 e. The Hall–Kier alpha value is -3.50. The first-order chi connectivity index (χ1) is 13.8. The van der Waals surface area contributed by atoms with Crippen molar-refractivity contribution in [3.8, 4) is 16.3 Å². The van der Waals surface area contributed by atoms with E-state index in [1.807, 2.05) is 72.8 Å². The molecule has 1 N–H and O–H groups in total. The van der Waals surface area contributed by atoms with E-state index >= 15 is 0 Å². The molecule has 4 aromatic carbocycles. The van der Waals surface area contributed by atoms with E-state index in [0.717, 1.165) is 42.8 Å². The third kappa shape index (κ3) is 2.94. The number of phenolic OH excluding ortho intramolecular Hbond substituents is 1. The minimum absolute atomic E-state index is 0.222. The Kier molecular flexibility index (Phi) is 4.11. The van der Waals surface area contributed by atoms with Crippen molar-refractivity contribution >= 4 is 44.2 Å². The minimum Gasteiger partial charge on any atom is -0.507 e. The molecule has 0 amide bonds. The Morgan fingerprint density at radius 1 is 0.821 bits per heavy atom. The molecular formula is C24H16N2OS. The van der Waals surface area contributed by atoms with Gasteiger partial charge in [-0.25, -0.2) is 4.98 Å². The van der Waals surface area contributed by atoms with E-state index in [4.69, 9.17) is 9.98 Å². The van der Waals surface area contributed by atoms with Crippen LogP contribution >= 0.6 is 11.3 Å². The van der Waals surface area contributed by atoms with Crippen molar-refractivity contribution in [3.05, 3.63) is 90.5 Å². The van der Waals surface area contributed by atoms with Crippen LogP contribution in [-0.4, -0.2) is 16.3 Å². The van der Waals surface area contributed by atoms with Crippen LogP contribution in [0.1, 0.15) is 5.56 Å². The molecule has 0 fully saturated rings. The van der Waals surface area contributed by atoms with Gasteiger partial charge in [0.1, 0.15) is 10.8 Å². The highest BCUT2D eigenvalue weighted by atomic mass is 32.1. The first-order valence-electron chi connectivity index (χ1n) is 8.99. The van der Waals surface area contributed by atoms with Crippen molar-refractivity contribution in [1.82, 2.24) is 4.98 Å². The summed E-state index contributed by atoms with van der Waals surface area (Å²) in [5.41, 5.74) is 3.53. The monoisotopic (exact) mass is 380 g/mol. The lowest BCUT2D eigenvalue weighted by atomic mass is 10.0. The normalized spacial score (nSPS) is 11.6. The zero-order valence-corrected chi connectivity index (χ0v) is 15.7. The third-order valence-electron chi connectivity index (χ3n) is 4.71. The van der Waals surface area contributed by atoms with Crippen LogP contribution < -0.4 is 0 Å². The van der Waals surface area contributed by atoms with Gasteiger partial charge >= 0.3 is 0 Å². The summed E-state index contributed by atoms with van der Waals surface area (Å²) in [5, 5.41) is 13.4. The molecule has 0 aliphatic carbocycles. The number of para-hydroxylation sites is 2. The summed E-state index contributed by atoms with van der Waals surface area (Å²) in [6.07, 6.45) is 1.74. The van der Waals surface area contributed by atoms with Gasteiger partial charge in [0, 0.05) is 17.3 Å². The SMILES string of the molecule is Oc1ccc2ccccc2c1C=Nc1ccccc1-c1nc2ccccc2s1. The number of aliphatic imine (C=N–C) groups is 1. The highest BCUT2D eigenvalue weighted by Crippen LogP contribution is 2.36. The standard InChI is InChI=1S/C24H16N2OS/c27-22-14-13-16-7-1-2-8-17(16)19(22)15-25-20-10-4-3-9-18(20)24-26-21-11-5-6-12-23(21)28-24/h1-15,27H. The zero-order valence-electron chi connectivity index (χ0n) is 14.9. The topological polar surface area (TPSA) is 45.5 Å². The van der Waals surface area contributed by atoms with E-state index in [-0.39, 0.29) is 5.75 Å². The number of aromatic hydroxyl groups is 1. The zero-order chi connectivity index (χ0) is 18.9. The van der Waals surface area contributed by atoms with Crippen molar-refractivity contribution in [3.63, 3.8) is 0 Å². The quantitative estimate of drug-likeness (QED) is 0.360. The molecule has 1 heterocycles. The summed E-state index contributed by atoms with van der Waals surface area (Å²) >= 11 is 1.66. The second-order valence-electron chi connectivity index (χ2n) is 6.48. The first kappa shape index (κ1) is 16.7. The van der Waals surface area contributed by atoms with Crippen LogP contribution in [0.5, 0.6) is 5.75 Å². The van der Waals surface area contributed by atoms with Crippen LogP contribution in [0.3, 0.4) is 0 Å². The van der Waals surface area contributed by atoms with Gasteiger partial charge in [0.2, 0.25) is 0 Å². The van der Waals surface area contributed by atoms with Crippen LogP contribution in [-0.2, 0) is 0 Å². The molecule has 4 heteroatoms. The van der Waals surface area contributed by atoms with Crippen molar-refractivity contribution in [2.45, 2.75) is 0 Å². The molecular weight excluding hydrogens is 364 g/mol. The Morgan fingerprint density at radius 3 is 2.54 bits per heavy atom. The fourth-order valence-electron chi connectivity index (χ4n) is 3.31. The van der Waals surface area contributed by atoms with Crippen LogP contribution in [0.4, 0.5) is 5.69 Å². The maximum atomic E-state index is 10.4. The molecule has 0 saturated heterocycles. The number of rotatable bonds is 3. The molecule has 0 aliphatic heterocycles. The Labute approximate surface area is 166 Å². The van der Waals surface area contributed by atoms with Crippen LogP contribution in [0, 0.1) is 0 Å². The van der Waals surface area contributed by atoms with Gasteiger partial charge in [-0.05, 0) is 41.1 Å². The molecule has 0 spiro atoms. The number of phenols is 1. The minimum atomic E-state index is 0.222. The van der Waals surface area contributed by atoms with Crippen molar-refractivity contribution < 1.29 is 5.11 Å². The summed E-state index contributed by atoms with van der Waals surface area (Å²) in [6, 6.07) is 27.7. The highest BCUT2D eigenvalue weighted by molar-refractivity contribution is 7.21. The molecule has 0 saturated carbocycles. The Morgan fingerprint density at radius 2 is 1.61 bits per heavy atom. The van der Waals surface area contributed by atoms with E-state index in [9.17, 15) is 5.11 Å². The number of aromatic nitrogens is 1. The second kappa shape index (κ2) is 6.91. The maximum absolute atomic E-state index is 10.4. The first-order valence-corrected chi connectivity index (χ1v) is 9.81. The molecule has 0 unspecified atom stereocenters. The lowest BCUT2D eigenvalue weighted by Gasteiger charge is -2.06. The largest absolute Gasteiger partial charge is 0.507 e. The summed E-state index contributed by atoms with van der Waals surface area (Å²) in [4.78, 5) is 9.48. The van der Waals surface area contributed by atoms with Crippen molar-refractivity contribution in [1.29, 1.82) is 0 Å². The van der Waals surface area contributed by atoms with E-state index in [1.165, 1.54) is 0 Å². The molecule has 5 aromatic rings. The van der Waals surface area contributed by atoms with Crippen LogP contribution in [0.25, 0.3) is 31.6 Å². The number of thiazole rings is 1. The van der Waals surface area contributed by atoms with E-state index in [1.54, 1.807) is 23.6 Å². The molecule has 5 rings (SSSR count). The molecule has 3 nitrogen and oxygen atoms in total. The molecule has 1 aromatic heterocycles. The molecule has 0 atom stereocenters. The van der Waals surface area contributed by atoms with Gasteiger partial charge in [-0.2, -0.15) is 0 Å². The second-order valence-corrected chi connectivity index (χ2v) is 7.51. The van der Waals surface area contributed by atoms with Gasteiger partial charge in [-0.15, -0.1) is 11.3 Å². The predicted octanol–water partition coefficient (Wildman–Crippen LogP) is 6.57. The van der Waals surface area contributed by atoms with E-state index in [0.29, 0.717) is 0 Å². The van der Waals surface area contributed by atoms with E-state index in [2.05, 4.69) is 6.07 Å². The summed E-state index contributed by atoms with van der Waals surface area (Å²) in [7, 11) is 0. The highest BCUT2D eigenvalue weighted by Gasteiger charge is 2.10. The van der Waals surface area contributed by atoms with Gasteiger partial charge < -0.3 is 5.11 Å². The van der Waals surface area contributed by atoms with Crippen LogP contribution in [0.15, 0.2) is 89.9 Å². The summed E-state index contributed by atoms with van der Waals surface area (Å²) in [6.45, 7) is 0. The fraction of sp³-hybridized carbons (Fsp3) is 0. The number of hydrogen-bond donors (Lipinski definition) is 1.